The summed E-state index contributed by atoms with van der Waals surface area (Å²) in [6, 6.07) is 0. The highest BCUT2D eigenvalue weighted by atomic mass is 16.3. The lowest BCUT2D eigenvalue weighted by Gasteiger charge is -2.52. The van der Waals surface area contributed by atoms with Crippen LogP contribution in [0, 0.1) is 17.8 Å². The maximum atomic E-state index is 8.74. The Morgan fingerprint density at radius 1 is 1.36 bits per heavy atom. The minimum atomic E-state index is 0.327. The normalized spacial score (nSPS) is 43.6. The number of hydrogen-bond acceptors (Lipinski definition) is 2. The summed E-state index contributed by atoms with van der Waals surface area (Å²) in [6.07, 6.45) is 1.45. The molecule has 0 aromatic rings. The highest BCUT2D eigenvalue weighted by molar-refractivity contribution is 4.94. The van der Waals surface area contributed by atoms with Crippen LogP contribution in [0.2, 0.25) is 0 Å². The minimum Gasteiger partial charge on any atom is -0.395 e. The molecule has 2 heteroatoms. The van der Waals surface area contributed by atoms with Crippen LogP contribution < -0.4 is 0 Å². The van der Waals surface area contributed by atoms with Gasteiger partial charge < -0.3 is 10.0 Å². The number of nitrogens with zero attached hydrogens (tertiary/aromatic N) is 1. The number of rotatable bonds is 2. The van der Waals surface area contributed by atoms with Crippen molar-refractivity contribution in [2.45, 2.75) is 13.3 Å². The molecule has 2 heterocycles. The first-order valence-corrected chi connectivity index (χ1v) is 4.64. The van der Waals surface area contributed by atoms with Gasteiger partial charge in [0.15, 0.2) is 0 Å². The van der Waals surface area contributed by atoms with E-state index in [4.69, 9.17) is 5.11 Å². The van der Waals surface area contributed by atoms with E-state index < -0.39 is 0 Å². The van der Waals surface area contributed by atoms with Crippen LogP contribution in [0.4, 0.5) is 0 Å². The van der Waals surface area contributed by atoms with E-state index in [0.717, 1.165) is 24.3 Å². The van der Waals surface area contributed by atoms with Crippen LogP contribution in [0.3, 0.4) is 0 Å². The van der Waals surface area contributed by atoms with E-state index in [2.05, 4.69) is 11.8 Å². The second-order valence-electron chi connectivity index (χ2n) is 4.10. The van der Waals surface area contributed by atoms with Crippen molar-refractivity contribution >= 4 is 0 Å². The molecule has 0 aromatic carbocycles. The number of aliphatic hydroxyl groups excluding tert-OH is 1. The molecule has 1 N–H and O–H groups in total. The molecular formula is C9H17NO. The number of fused-ring (bicyclic) bond motifs is 2. The van der Waals surface area contributed by atoms with Crippen LogP contribution in [-0.2, 0) is 0 Å². The predicted octanol–water partition coefficient (Wildman–Crippen LogP) is 0.567. The van der Waals surface area contributed by atoms with Gasteiger partial charge in [-0.3, -0.25) is 0 Å². The zero-order chi connectivity index (χ0) is 7.84. The third kappa shape index (κ3) is 1.18. The molecule has 2 aliphatic heterocycles. The molecule has 2 unspecified atom stereocenters. The highest BCUT2D eigenvalue weighted by Crippen LogP contribution is 2.44. The molecule has 2 saturated heterocycles. The summed E-state index contributed by atoms with van der Waals surface area (Å²) in [4.78, 5) is 2.40. The third-order valence-electron chi connectivity index (χ3n) is 3.49. The van der Waals surface area contributed by atoms with Gasteiger partial charge in [0, 0.05) is 19.6 Å². The van der Waals surface area contributed by atoms with Crippen molar-refractivity contribution in [1.82, 2.24) is 4.90 Å². The highest BCUT2D eigenvalue weighted by Gasteiger charge is 2.43. The molecule has 3 rings (SSSR count). The van der Waals surface area contributed by atoms with Gasteiger partial charge in [0.05, 0.1) is 6.61 Å². The lowest BCUT2D eigenvalue weighted by Crippen LogP contribution is -2.54. The van der Waals surface area contributed by atoms with Crippen LogP contribution in [0.1, 0.15) is 13.3 Å². The largest absolute Gasteiger partial charge is 0.395 e. The summed E-state index contributed by atoms with van der Waals surface area (Å²) in [6.45, 7) is 6.05. The average Bonchev–Trinajstić information content (AvgIpc) is 2.05. The minimum absolute atomic E-state index is 0.327. The summed E-state index contributed by atoms with van der Waals surface area (Å²) in [7, 11) is 0. The van der Waals surface area contributed by atoms with Crippen LogP contribution in [0.15, 0.2) is 0 Å². The summed E-state index contributed by atoms with van der Waals surface area (Å²) in [5.74, 6) is 2.85. The van der Waals surface area contributed by atoms with E-state index in [9.17, 15) is 0 Å². The first-order valence-electron chi connectivity index (χ1n) is 4.64. The number of aliphatic hydroxyl groups is 1. The molecule has 11 heavy (non-hydrogen) atoms. The Kier molecular flexibility index (Phi) is 1.90. The Balaban J connectivity index is 1.84. The molecule has 3 aliphatic rings. The molecule has 3 fully saturated rings. The summed E-state index contributed by atoms with van der Waals surface area (Å²) in [5.41, 5.74) is 0. The van der Waals surface area contributed by atoms with Crippen molar-refractivity contribution in [1.29, 1.82) is 0 Å². The average molecular weight is 155 g/mol. The molecule has 1 saturated carbocycles. The zero-order valence-electron chi connectivity index (χ0n) is 7.16. The van der Waals surface area contributed by atoms with Gasteiger partial charge in [-0.25, -0.2) is 0 Å². The van der Waals surface area contributed by atoms with Crippen molar-refractivity contribution in [2.75, 3.05) is 26.2 Å². The Bertz CT molecular complexity index is 136. The van der Waals surface area contributed by atoms with Crippen LogP contribution >= 0.6 is 0 Å². The Hall–Kier alpha value is -0.0800. The standard InChI is InChI=1S/C9H17NO/c1-7-8-4-9(7)6-10(5-8)2-3-11/h7-9,11H,2-6H2,1H3. The predicted molar refractivity (Wildman–Crippen MR) is 44.3 cm³/mol. The smallest absolute Gasteiger partial charge is 0.0558 e. The quantitative estimate of drug-likeness (QED) is 0.630. The SMILES string of the molecule is CC1C2CC1CN(CCO)C2. The van der Waals surface area contributed by atoms with Crippen molar-refractivity contribution in [3.05, 3.63) is 0 Å². The molecule has 2 atom stereocenters. The second kappa shape index (κ2) is 2.76. The van der Waals surface area contributed by atoms with Crippen molar-refractivity contribution < 1.29 is 5.11 Å². The maximum absolute atomic E-state index is 8.74. The number of piperidine rings is 2. The number of hydrogen-bond donors (Lipinski definition) is 1. The van der Waals surface area contributed by atoms with E-state index in [1.165, 1.54) is 19.5 Å². The van der Waals surface area contributed by atoms with Crippen molar-refractivity contribution in [2.24, 2.45) is 17.8 Å². The fourth-order valence-corrected chi connectivity index (χ4v) is 2.55. The van der Waals surface area contributed by atoms with Crippen LogP contribution in [-0.4, -0.2) is 36.2 Å². The summed E-state index contributed by atoms with van der Waals surface area (Å²) >= 11 is 0. The van der Waals surface area contributed by atoms with Gasteiger partial charge in [-0.05, 0) is 24.2 Å². The topological polar surface area (TPSA) is 23.5 Å². The first-order chi connectivity index (χ1) is 5.31. The lowest BCUT2D eigenvalue weighted by atomic mass is 9.62. The molecule has 0 amide bonds. The van der Waals surface area contributed by atoms with Crippen molar-refractivity contribution in [3.63, 3.8) is 0 Å². The monoisotopic (exact) mass is 155 g/mol. The van der Waals surface area contributed by atoms with E-state index in [1.807, 2.05) is 0 Å². The van der Waals surface area contributed by atoms with Gasteiger partial charge in [0.2, 0.25) is 0 Å². The van der Waals surface area contributed by atoms with Gasteiger partial charge in [-0.1, -0.05) is 6.92 Å². The van der Waals surface area contributed by atoms with Crippen LogP contribution in [0.5, 0.6) is 0 Å². The Morgan fingerprint density at radius 2 is 2.00 bits per heavy atom. The van der Waals surface area contributed by atoms with Crippen LogP contribution in [0.25, 0.3) is 0 Å². The summed E-state index contributed by atoms with van der Waals surface area (Å²) in [5, 5.41) is 8.74. The molecule has 1 aliphatic carbocycles. The van der Waals surface area contributed by atoms with E-state index in [0.29, 0.717) is 6.61 Å². The fourth-order valence-electron chi connectivity index (χ4n) is 2.55. The van der Waals surface area contributed by atoms with Gasteiger partial charge in [0.1, 0.15) is 0 Å². The van der Waals surface area contributed by atoms with Gasteiger partial charge in [0.25, 0.3) is 0 Å². The van der Waals surface area contributed by atoms with E-state index in [-0.39, 0.29) is 0 Å². The van der Waals surface area contributed by atoms with E-state index in [1.54, 1.807) is 0 Å². The molecule has 0 radical (unpaired) electrons. The Morgan fingerprint density at radius 3 is 2.45 bits per heavy atom. The molecule has 2 bridgehead atoms. The molecule has 0 aromatic heterocycles. The molecule has 2 nitrogen and oxygen atoms in total. The van der Waals surface area contributed by atoms with Gasteiger partial charge in [-0.2, -0.15) is 0 Å². The second-order valence-corrected chi connectivity index (χ2v) is 4.10. The Labute approximate surface area is 68.2 Å². The fraction of sp³-hybridized carbons (Fsp3) is 1.00. The summed E-state index contributed by atoms with van der Waals surface area (Å²) < 4.78 is 0. The zero-order valence-corrected chi connectivity index (χ0v) is 7.16. The van der Waals surface area contributed by atoms with E-state index >= 15 is 0 Å². The third-order valence-corrected chi connectivity index (χ3v) is 3.49. The van der Waals surface area contributed by atoms with Crippen molar-refractivity contribution in [3.8, 4) is 0 Å². The first kappa shape index (κ1) is 7.56. The molecular weight excluding hydrogens is 138 g/mol. The maximum Gasteiger partial charge on any atom is 0.0558 e. The molecule has 0 spiro atoms. The lowest BCUT2D eigenvalue weighted by molar-refractivity contribution is -0.0376. The van der Waals surface area contributed by atoms with Gasteiger partial charge in [-0.15, -0.1) is 0 Å². The molecule has 64 valence electrons. The van der Waals surface area contributed by atoms with Gasteiger partial charge >= 0.3 is 0 Å².